The van der Waals surface area contributed by atoms with Crippen LogP contribution in [0.4, 0.5) is 13.2 Å². The number of hydrogen-bond donors (Lipinski definition) is 0. The van der Waals surface area contributed by atoms with E-state index in [1.165, 1.54) is 17.4 Å². The number of halogens is 3. The third kappa shape index (κ3) is 3.09. The second-order valence-corrected chi connectivity index (χ2v) is 7.17. The molecule has 3 aromatic rings. The van der Waals surface area contributed by atoms with E-state index in [-0.39, 0.29) is 5.91 Å². The molecule has 1 aliphatic rings. The minimum Gasteiger partial charge on any atom is -0.337 e. The van der Waals surface area contributed by atoms with E-state index in [2.05, 4.69) is 4.98 Å². The van der Waals surface area contributed by atoms with Crippen LogP contribution in [0.2, 0.25) is 0 Å². The van der Waals surface area contributed by atoms with Gasteiger partial charge in [0.05, 0.1) is 11.3 Å². The van der Waals surface area contributed by atoms with Crippen LogP contribution < -0.4 is 0 Å². The third-order valence-electron chi connectivity index (χ3n) is 4.56. The molecule has 0 atom stereocenters. The first-order chi connectivity index (χ1) is 12.4. The lowest BCUT2D eigenvalue weighted by Crippen LogP contribution is -2.36. The maximum Gasteiger partial charge on any atom is 0.416 e. The number of likely N-dealkylation sites (tertiary alicyclic amines) is 1. The summed E-state index contributed by atoms with van der Waals surface area (Å²) in [6.07, 6.45) is 0.367. The molecule has 0 radical (unpaired) electrons. The molecule has 0 spiro atoms. The summed E-state index contributed by atoms with van der Waals surface area (Å²) >= 11 is 1.31. The van der Waals surface area contributed by atoms with Crippen LogP contribution in [0, 0.1) is 0 Å². The Morgan fingerprint density at radius 1 is 1.15 bits per heavy atom. The lowest BCUT2D eigenvalue weighted by molar-refractivity contribution is -0.137. The summed E-state index contributed by atoms with van der Waals surface area (Å²) in [5, 5.41) is 1.76. The highest BCUT2D eigenvalue weighted by atomic mass is 32.1. The summed E-state index contributed by atoms with van der Waals surface area (Å²) in [4.78, 5) is 19.6. The number of carbonyl (C=O) groups is 1. The number of rotatable bonds is 2. The summed E-state index contributed by atoms with van der Waals surface area (Å²) in [5.41, 5.74) is 0.608. The average Bonchev–Trinajstić information content (AvgIpc) is 3.22. The van der Waals surface area contributed by atoms with Crippen molar-refractivity contribution in [2.24, 2.45) is 0 Å². The Hall–Kier alpha value is -2.35. The average molecular weight is 379 g/mol. The monoisotopic (exact) mass is 379 g/mol. The molecule has 26 heavy (non-hydrogen) atoms. The van der Waals surface area contributed by atoms with Gasteiger partial charge in [-0.25, -0.2) is 4.98 Å². The van der Waals surface area contributed by atoms with E-state index in [0.29, 0.717) is 21.9 Å². The lowest BCUT2D eigenvalue weighted by Gasteiger charge is -2.26. The molecule has 8 heteroatoms. The zero-order chi connectivity index (χ0) is 18.3. The predicted molar refractivity (Wildman–Crippen MR) is 93.3 cm³/mol. The van der Waals surface area contributed by atoms with E-state index in [0.717, 1.165) is 44.5 Å². The van der Waals surface area contributed by atoms with Crippen molar-refractivity contribution < 1.29 is 18.0 Å². The highest BCUT2D eigenvalue weighted by molar-refractivity contribution is 7.15. The predicted octanol–water partition coefficient (Wildman–Crippen LogP) is 4.71. The summed E-state index contributed by atoms with van der Waals surface area (Å²) < 4.78 is 40.5. The number of carbonyl (C=O) groups excluding carboxylic acids is 1. The Labute approximate surface area is 151 Å². The van der Waals surface area contributed by atoms with Crippen molar-refractivity contribution in [1.29, 1.82) is 0 Å². The number of amides is 1. The summed E-state index contributed by atoms with van der Waals surface area (Å²) in [6, 6.07) is 5.07. The van der Waals surface area contributed by atoms with Gasteiger partial charge in [0.2, 0.25) is 0 Å². The number of fused-ring (bicyclic) bond motifs is 1. The Balaban J connectivity index is 1.69. The normalized spacial score (nSPS) is 15.6. The van der Waals surface area contributed by atoms with Crippen molar-refractivity contribution in [2.75, 3.05) is 13.1 Å². The molecule has 4 rings (SSSR count). The van der Waals surface area contributed by atoms with Gasteiger partial charge >= 0.3 is 6.18 Å². The van der Waals surface area contributed by atoms with E-state index in [1.54, 1.807) is 22.0 Å². The molecule has 1 aromatic carbocycles. The number of piperidine rings is 1. The summed E-state index contributed by atoms with van der Waals surface area (Å²) in [5.74, 6) is -0.0519. The molecule has 0 bridgehead atoms. The van der Waals surface area contributed by atoms with E-state index in [9.17, 15) is 18.0 Å². The molecule has 1 fully saturated rings. The molecule has 136 valence electrons. The first kappa shape index (κ1) is 17.1. The number of benzene rings is 1. The van der Waals surface area contributed by atoms with Gasteiger partial charge in [-0.15, -0.1) is 11.3 Å². The maximum atomic E-state index is 12.9. The number of thiazole rings is 1. The molecule has 0 N–H and O–H groups in total. The van der Waals surface area contributed by atoms with Crippen LogP contribution in [0.1, 0.15) is 35.3 Å². The van der Waals surface area contributed by atoms with Crippen LogP contribution >= 0.6 is 11.3 Å². The molecular formula is C18H16F3N3OS. The number of alkyl halides is 3. The Morgan fingerprint density at radius 3 is 2.65 bits per heavy atom. The molecule has 0 unspecified atom stereocenters. The van der Waals surface area contributed by atoms with E-state index in [1.807, 2.05) is 4.90 Å². The first-order valence-corrected chi connectivity index (χ1v) is 9.25. The van der Waals surface area contributed by atoms with Gasteiger partial charge in [0.25, 0.3) is 5.91 Å². The zero-order valence-corrected chi connectivity index (χ0v) is 14.6. The molecule has 1 aliphatic heterocycles. The van der Waals surface area contributed by atoms with Crippen molar-refractivity contribution >= 4 is 22.2 Å². The van der Waals surface area contributed by atoms with Crippen molar-refractivity contribution in [3.8, 4) is 11.3 Å². The smallest absolute Gasteiger partial charge is 0.337 e. The molecule has 1 amide bonds. The van der Waals surface area contributed by atoms with Gasteiger partial charge in [-0.3, -0.25) is 9.20 Å². The standard InChI is InChI=1S/C18H16F3N3OS/c19-18(20,21)13-6-4-5-12(9-13)14-10-24-15(11-26-17(24)22-14)16(25)23-7-2-1-3-8-23/h4-6,9-11H,1-3,7-8H2. The third-order valence-corrected chi connectivity index (χ3v) is 5.40. The van der Waals surface area contributed by atoms with Crippen molar-refractivity contribution in [3.05, 3.63) is 47.1 Å². The summed E-state index contributed by atoms with van der Waals surface area (Å²) in [6.45, 7) is 1.48. The topological polar surface area (TPSA) is 37.6 Å². The maximum absolute atomic E-state index is 12.9. The number of aromatic nitrogens is 2. The van der Waals surface area contributed by atoms with E-state index in [4.69, 9.17) is 0 Å². The minimum atomic E-state index is -4.40. The molecule has 3 heterocycles. The lowest BCUT2D eigenvalue weighted by atomic mass is 10.1. The van der Waals surface area contributed by atoms with Crippen LogP contribution in [-0.2, 0) is 6.18 Å². The van der Waals surface area contributed by atoms with Gasteiger partial charge in [0, 0.05) is 30.2 Å². The molecule has 2 aromatic heterocycles. The minimum absolute atomic E-state index is 0.0519. The number of nitrogens with zero attached hydrogens (tertiary/aromatic N) is 3. The van der Waals surface area contributed by atoms with Gasteiger partial charge in [-0.1, -0.05) is 12.1 Å². The SMILES string of the molecule is O=C(c1csc2nc(-c3cccc(C(F)(F)F)c3)cn12)N1CCCCC1. The van der Waals surface area contributed by atoms with Crippen molar-refractivity contribution in [3.63, 3.8) is 0 Å². The summed E-state index contributed by atoms with van der Waals surface area (Å²) in [7, 11) is 0. The van der Waals surface area contributed by atoms with Gasteiger partial charge in [-0.05, 0) is 31.4 Å². The second-order valence-electron chi connectivity index (χ2n) is 6.33. The van der Waals surface area contributed by atoms with Gasteiger partial charge in [0.1, 0.15) is 5.69 Å². The van der Waals surface area contributed by atoms with E-state index >= 15 is 0 Å². The zero-order valence-electron chi connectivity index (χ0n) is 13.8. The van der Waals surface area contributed by atoms with Crippen LogP contribution in [0.3, 0.4) is 0 Å². The van der Waals surface area contributed by atoms with E-state index < -0.39 is 11.7 Å². The molecule has 0 saturated carbocycles. The Morgan fingerprint density at radius 2 is 1.92 bits per heavy atom. The molecule has 1 saturated heterocycles. The second kappa shape index (κ2) is 6.42. The first-order valence-electron chi connectivity index (χ1n) is 8.37. The molecule has 4 nitrogen and oxygen atoms in total. The number of imidazole rings is 1. The largest absolute Gasteiger partial charge is 0.416 e. The molecule has 0 aliphatic carbocycles. The van der Waals surface area contributed by atoms with Crippen molar-refractivity contribution in [2.45, 2.75) is 25.4 Å². The highest BCUT2D eigenvalue weighted by Gasteiger charge is 2.30. The Kier molecular flexibility index (Phi) is 4.22. The van der Waals surface area contributed by atoms with Crippen LogP contribution in [0.5, 0.6) is 0 Å². The van der Waals surface area contributed by atoms with Gasteiger partial charge in [-0.2, -0.15) is 13.2 Å². The number of hydrogen-bond acceptors (Lipinski definition) is 3. The van der Waals surface area contributed by atoms with Crippen molar-refractivity contribution in [1.82, 2.24) is 14.3 Å². The fourth-order valence-corrected chi connectivity index (χ4v) is 4.04. The van der Waals surface area contributed by atoms with Gasteiger partial charge in [0.15, 0.2) is 4.96 Å². The quantitative estimate of drug-likeness (QED) is 0.647. The van der Waals surface area contributed by atoms with Gasteiger partial charge < -0.3 is 4.90 Å². The van der Waals surface area contributed by atoms with Crippen LogP contribution in [0.25, 0.3) is 16.2 Å². The van der Waals surface area contributed by atoms with Crippen LogP contribution in [-0.4, -0.2) is 33.3 Å². The highest BCUT2D eigenvalue weighted by Crippen LogP contribution is 2.32. The van der Waals surface area contributed by atoms with Crippen LogP contribution in [0.15, 0.2) is 35.8 Å². The molecular weight excluding hydrogens is 363 g/mol. The fraction of sp³-hybridized carbons (Fsp3) is 0.333. The Bertz CT molecular complexity index is 954. The fourth-order valence-electron chi connectivity index (χ4n) is 3.19.